The predicted molar refractivity (Wildman–Crippen MR) is 162 cm³/mol. The molecule has 0 saturated carbocycles. The van der Waals surface area contributed by atoms with Gasteiger partial charge in [0.1, 0.15) is 5.82 Å². The van der Waals surface area contributed by atoms with Crippen molar-refractivity contribution in [3.05, 3.63) is 108 Å². The van der Waals surface area contributed by atoms with Crippen LogP contribution in [-0.4, -0.2) is 67.2 Å². The summed E-state index contributed by atoms with van der Waals surface area (Å²) >= 11 is 1.59. The van der Waals surface area contributed by atoms with Crippen LogP contribution in [0.1, 0.15) is 21.5 Å². The van der Waals surface area contributed by atoms with Gasteiger partial charge < -0.3 is 15.0 Å². The lowest BCUT2D eigenvalue weighted by atomic mass is 10.1. The van der Waals surface area contributed by atoms with Gasteiger partial charge in [0.15, 0.2) is 5.16 Å². The molecule has 1 N–H and O–H groups in total. The molecule has 0 aliphatic carbocycles. The monoisotopic (exact) mass is 553 g/mol. The molecule has 0 radical (unpaired) electrons. The normalized spacial score (nSPS) is 13.8. The summed E-state index contributed by atoms with van der Waals surface area (Å²) in [5.74, 6) is 1.53. The average Bonchev–Trinajstić information content (AvgIpc) is 3.01. The Labute approximate surface area is 240 Å². The Balaban J connectivity index is 1.29. The van der Waals surface area contributed by atoms with E-state index in [0.717, 1.165) is 60.5 Å². The number of aromatic nitrogens is 2. The molecule has 206 valence electrons. The molecule has 7 nitrogen and oxygen atoms in total. The van der Waals surface area contributed by atoms with E-state index in [4.69, 9.17) is 14.7 Å². The van der Waals surface area contributed by atoms with E-state index < -0.39 is 0 Å². The number of amides is 1. The molecule has 5 rings (SSSR count). The Morgan fingerprint density at radius 3 is 2.35 bits per heavy atom. The summed E-state index contributed by atoms with van der Waals surface area (Å²) in [6, 6.07) is 30.7. The molecular formula is C32H35N5O2S. The summed E-state index contributed by atoms with van der Waals surface area (Å²) in [5.41, 5.74) is 5.03. The quantitative estimate of drug-likeness (QED) is 0.157. The van der Waals surface area contributed by atoms with Gasteiger partial charge in [0.25, 0.3) is 5.91 Å². The Kier molecular flexibility index (Phi) is 9.79. The number of anilines is 1. The molecule has 1 aliphatic heterocycles. The van der Waals surface area contributed by atoms with Crippen LogP contribution in [0.3, 0.4) is 0 Å². The molecule has 0 unspecified atom stereocenters. The van der Waals surface area contributed by atoms with Gasteiger partial charge in [0, 0.05) is 69.3 Å². The van der Waals surface area contributed by atoms with Crippen molar-refractivity contribution in [1.29, 1.82) is 0 Å². The van der Waals surface area contributed by atoms with Crippen LogP contribution < -0.4 is 10.2 Å². The molecule has 1 aliphatic rings. The molecule has 3 aromatic carbocycles. The second-order valence-electron chi connectivity index (χ2n) is 9.75. The second-order valence-corrected chi connectivity index (χ2v) is 10.7. The molecule has 1 fully saturated rings. The van der Waals surface area contributed by atoms with Gasteiger partial charge in [0.2, 0.25) is 0 Å². The minimum absolute atomic E-state index is 0.0973. The number of hydrogen-bond acceptors (Lipinski definition) is 7. The summed E-state index contributed by atoms with van der Waals surface area (Å²) in [6.45, 7) is 5.75. The van der Waals surface area contributed by atoms with Crippen molar-refractivity contribution in [3.8, 4) is 11.3 Å². The largest absolute Gasteiger partial charge is 0.383 e. The Bertz CT molecular complexity index is 1380. The number of nitrogens with zero attached hydrogens (tertiary/aromatic N) is 4. The number of ether oxygens (including phenoxy) is 1. The van der Waals surface area contributed by atoms with Crippen molar-refractivity contribution in [1.82, 2.24) is 20.2 Å². The number of thioether (sulfide) groups is 1. The highest BCUT2D eigenvalue weighted by molar-refractivity contribution is 7.98. The van der Waals surface area contributed by atoms with Gasteiger partial charge in [-0.15, -0.1) is 0 Å². The highest BCUT2D eigenvalue weighted by Crippen LogP contribution is 2.28. The summed E-state index contributed by atoms with van der Waals surface area (Å²) < 4.78 is 5.03. The van der Waals surface area contributed by atoms with Gasteiger partial charge in [-0.05, 0) is 23.3 Å². The first-order valence-corrected chi connectivity index (χ1v) is 14.6. The van der Waals surface area contributed by atoms with Crippen molar-refractivity contribution < 1.29 is 9.53 Å². The fraction of sp³-hybridized carbons (Fsp3) is 0.281. The number of methoxy groups -OCH3 is 1. The Hall–Kier alpha value is -3.72. The molecule has 0 spiro atoms. The second kappa shape index (κ2) is 14.1. The van der Waals surface area contributed by atoms with E-state index in [9.17, 15) is 4.79 Å². The van der Waals surface area contributed by atoms with Crippen LogP contribution in [0.2, 0.25) is 0 Å². The summed E-state index contributed by atoms with van der Waals surface area (Å²) in [4.78, 5) is 27.2. The van der Waals surface area contributed by atoms with Crippen LogP contribution in [0, 0.1) is 0 Å². The molecule has 8 heteroatoms. The van der Waals surface area contributed by atoms with E-state index in [2.05, 4.69) is 63.6 Å². The van der Waals surface area contributed by atoms with E-state index >= 15 is 0 Å². The minimum atomic E-state index is -0.0973. The third kappa shape index (κ3) is 7.69. The molecule has 2 heterocycles. The maximum atomic E-state index is 12.5. The number of hydrogen-bond donors (Lipinski definition) is 1. The van der Waals surface area contributed by atoms with Crippen molar-refractivity contribution in [2.45, 2.75) is 17.5 Å². The SMILES string of the molecule is COCCNC(=O)c1cccc(CSc2nc(-c3ccccc3)cc(N3CCN(Cc4ccccc4)CC3)n2)c1. The van der Waals surface area contributed by atoms with E-state index in [1.165, 1.54) is 5.56 Å². The fourth-order valence-electron chi connectivity index (χ4n) is 4.69. The Morgan fingerprint density at radius 1 is 0.875 bits per heavy atom. The van der Waals surface area contributed by atoms with E-state index in [1.54, 1.807) is 18.9 Å². The van der Waals surface area contributed by atoms with Crippen LogP contribution >= 0.6 is 11.8 Å². The zero-order valence-corrected chi connectivity index (χ0v) is 23.6. The molecule has 4 aromatic rings. The summed E-state index contributed by atoms with van der Waals surface area (Å²) in [6.07, 6.45) is 0. The van der Waals surface area contributed by atoms with Gasteiger partial charge in [-0.25, -0.2) is 9.97 Å². The first-order chi connectivity index (χ1) is 19.7. The van der Waals surface area contributed by atoms with Crippen LogP contribution in [0.4, 0.5) is 5.82 Å². The zero-order chi connectivity index (χ0) is 27.6. The summed E-state index contributed by atoms with van der Waals surface area (Å²) in [5, 5.41) is 3.62. The summed E-state index contributed by atoms with van der Waals surface area (Å²) in [7, 11) is 1.62. The molecule has 0 atom stereocenters. The molecule has 1 aromatic heterocycles. The Morgan fingerprint density at radius 2 is 1.60 bits per heavy atom. The lowest BCUT2D eigenvalue weighted by Gasteiger charge is -2.35. The number of piperazine rings is 1. The lowest BCUT2D eigenvalue weighted by Crippen LogP contribution is -2.46. The fourth-order valence-corrected chi connectivity index (χ4v) is 5.49. The number of rotatable bonds is 11. The lowest BCUT2D eigenvalue weighted by molar-refractivity contribution is 0.0937. The topological polar surface area (TPSA) is 70.6 Å². The maximum absolute atomic E-state index is 12.5. The number of carbonyl (C=O) groups excluding carboxylic acids is 1. The predicted octanol–water partition coefficient (Wildman–Crippen LogP) is 5.13. The van der Waals surface area contributed by atoms with Gasteiger partial charge in [-0.3, -0.25) is 9.69 Å². The number of benzene rings is 3. The maximum Gasteiger partial charge on any atom is 0.251 e. The van der Waals surface area contributed by atoms with Gasteiger partial charge in [-0.1, -0.05) is 84.6 Å². The van der Waals surface area contributed by atoms with Crippen molar-refractivity contribution in [2.24, 2.45) is 0 Å². The van der Waals surface area contributed by atoms with Crippen LogP contribution in [0.5, 0.6) is 0 Å². The van der Waals surface area contributed by atoms with Gasteiger partial charge in [-0.2, -0.15) is 0 Å². The smallest absolute Gasteiger partial charge is 0.251 e. The third-order valence-electron chi connectivity index (χ3n) is 6.86. The number of nitrogens with one attached hydrogen (secondary N) is 1. The first kappa shape index (κ1) is 27.8. The van der Waals surface area contributed by atoms with Crippen LogP contribution in [-0.2, 0) is 17.0 Å². The highest BCUT2D eigenvalue weighted by atomic mass is 32.2. The van der Waals surface area contributed by atoms with Crippen molar-refractivity contribution >= 4 is 23.5 Å². The molecule has 1 amide bonds. The molecular weight excluding hydrogens is 518 g/mol. The van der Waals surface area contributed by atoms with Crippen molar-refractivity contribution in [3.63, 3.8) is 0 Å². The van der Waals surface area contributed by atoms with Gasteiger partial charge in [0.05, 0.1) is 12.3 Å². The molecule has 1 saturated heterocycles. The average molecular weight is 554 g/mol. The van der Waals surface area contributed by atoms with E-state index in [-0.39, 0.29) is 5.91 Å². The van der Waals surface area contributed by atoms with Crippen LogP contribution in [0.15, 0.2) is 96.2 Å². The third-order valence-corrected chi connectivity index (χ3v) is 7.77. The zero-order valence-electron chi connectivity index (χ0n) is 22.8. The van der Waals surface area contributed by atoms with Gasteiger partial charge >= 0.3 is 0 Å². The highest BCUT2D eigenvalue weighted by Gasteiger charge is 2.20. The van der Waals surface area contributed by atoms with E-state index in [0.29, 0.717) is 24.5 Å². The number of carbonyl (C=O) groups is 1. The standard InChI is InChI=1S/C32H35N5O2S/c1-39-20-15-33-31(38)28-14-8-11-26(21-28)24-40-32-34-29(27-12-6-3-7-13-27)22-30(35-32)37-18-16-36(17-19-37)23-25-9-4-2-5-10-25/h2-14,21-22H,15-20,23-24H2,1H3,(H,33,38). The molecule has 40 heavy (non-hydrogen) atoms. The first-order valence-electron chi connectivity index (χ1n) is 13.6. The van der Waals surface area contributed by atoms with Crippen LogP contribution in [0.25, 0.3) is 11.3 Å². The minimum Gasteiger partial charge on any atom is -0.383 e. The van der Waals surface area contributed by atoms with E-state index in [1.807, 2.05) is 42.5 Å². The van der Waals surface area contributed by atoms with Crippen molar-refractivity contribution in [2.75, 3.05) is 51.3 Å². The molecule has 0 bridgehead atoms.